The summed E-state index contributed by atoms with van der Waals surface area (Å²) in [7, 11) is -1.95. The van der Waals surface area contributed by atoms with E-state index in [1.54, 1.807) is 36.5 Å². The number of rotatable bonds is 8. The second-order valence-electron chi connectivity index (χ2n) is 8.72. The van der Waals surface area contributed by atoms with Crippen LogP contribution in [0.1, 0.15) is 11.1 Å². The van der Waals surface area contributed by atoms with Crippen molar-refractivity contribution in [2.24, 2.45) is 5.14 Å². The van der Waals surface area contributed by atoms with Crippen LogP contribution in [0.4, 0.5) is 33.5 Å². The summed E-state index contributed by atoms with van der Waals surface area (Å²) >= 11 is 0. The van der Waals surface area contributed by atoms with Gasteiger partial charge in [0.05, 0.1) is 15.9 Å². The Bertz CT molecular complexity index is 1730. The molecule has 0 aliphatic carbocycles. The van der Waals surface area contributed by atoms with Gasteiger partial charge < -0.3 is 20.5 Å². The summed E-state index contributed by atoms with van der Waals surface area (Å²) in [6.07, 6.45) is 1.61. The number of primary sulfonamides is 1. The van der Waals surface area contributed by atoms with Gasteiger partial charge in [-0.15, -0.1) is 12.4 Å². The highest BCUT2D eigenvalue weighted by molar-refractivity contribution is 7.89. The fourth-order valence-electron chi connectivity index (χ4n) is 3.94. The summed E-state index contributed by atoms with van der Waals surface area (Å²) in [5, 5.41) is 11.5. The first-order valence-electron chi connectivity index (χ1n) is 11.6. The maximum Gasteiger partial charge on any atom is 0.238 e. The molecule has 0 fully saturated rings. The van der Waals surface area contributed by atoms with E-state index in [2.05, 4.69) is 30.6 Å². The predicted molar refractivity (Wildman–Crippen MR) is 153 cm³/mol. The van der Waals surface area contributed by atoms with E-state index in [0.717, 1.165) is 27.8 Å². The molecule has 0 unspecified atom stereocenters. The molecular formula is C26H26ClFN8O2S. The maximum atomic E-state index is 13.2. The van der Waals surface area contributed by atoms with E-state index >= 15 is 0 Å². The van der Waals surface area contributed by atoms with Crippen LogP contribution in [0.15, 0.2) is 77.8 Å². The molecule has 0 saturated heterocycles. The first kappa shape index (κ1) is 27.8. The summed E-state index contributed by atoms with van der Waals surface area (Å²) < 4.78 is 36.5. The van der Waals surface area contributed by atoms with Crippen LogP contribution < -0.4 is 20.7 Å². The Hall–Kier alpha value is -4.26. The van der Waals surface area contributed by atoms with Crippen molar-refractivity contribution < 1.29 is 12.8 Å². The number of nitrogens with zero attached hydrogens (tertiary/aromatic N) is 4. The number of aromatic amines is 1. The molecular weight excluding hydrogens is 543 g/mol. The van der Waals surface area contributed by atoms with Gasteiger partial charge in [-0.05, 0) is 66.6 Å². The van der Waals surface area contributed by atoms with Crippen molar-refractivity contribution in [3.63, 3.8) is 0 Å². The SMILES string of the molecule is Cc1cc(N(C)c2ccnc(Nc3cccc(S(N)(=O)=O)c3)n2)cc2nc(NCc3ccc(F)cc3)[nH]c12.Cl. The summed E-state index contributed by atoms with van der Waals surface area (Å²) in [6, 6.07) is 18.2. The molecule has 13 heteroatoms. The molecule has 5 aromatic rings. The van der Waals surface area contributed by atoms with E-state index in [-0.39, 0.29) is 23.1 Å². The number of hydrogen-bond donors (Lipinski definition) is 4. The van der Waals surface area contributed by atoms with Crippen molar-refractivity contribution in [2.75, 3.05) is 22.6 Å². The molecule has 5 rings (SSSR count). The van der Waals surface area contributed by atoms with Crippen molar-refractivity contribution in [3.05, 3.63) is 89.9 Å². The molecule has 5 N–H and O–H groups in total. The van der Waals surface area contributed by atoms with Gasteiger partial charge in [-0.25, -0.2) is 27.9 Å². The first-order chi connectivity index (χ1) is 18.2. The molecule has 202 valence electrons. The molecule has 0 aliphatic heterocycles. The van der Waals surface area contributed by atoms with E-state index < -0.39 is 10.0 Å². The number of nitrogens with one attached hydrogen (secondary N) is 3. The number of benzene rings is 3. The fourth-order valence-corrected chi connectivity index (χ4v) is 4.50. The molecule has 0 amide bonds. The standard InChI is InChI=1S/C26H25FN8O2S.ClH/c1-16-12-20(14-22-24(16)34-26(32-22)30-15-17-6-8-18(27)9-7-17)35(2)23-10-11-29-25(33-23)31-19-4-3-5-21(13-19)38(28,36)37;/h3-14H,15H2,1-2H3,(H2,28,36,37)(H,29,31,33)(H2,30,32,34);1H. The van der Waals surface area contributed by atoms with Gasteiger partial charge in [0.1, 0.15) is 11.6 Å². The topological polar surface area (TPSA) is 142 Å². The molecule has 0 radical (unpaired) electrons. The molecule has 0 aliphatic rings. The molecule has 0 atom stereocenters. The molecule has 39 heavy (non-hydrogen) atoms. The Morgan fingerprint density at radius 3 is 2.56 bits per heavy atom. The van der Waals surface area contributed by atoms with Gasteiger partial charge in [-0.2, -0.15) is 4.98 Å². The van der Waals surface area contributed by atoms with Crippen molar-refractivity contribution in [1.82, 2.24) is 19.9 Å². The van der Waals surface area contributed by atoms with Crippen LogP contribution in [0.2, 0.25) is 0 Å². The average Bonchev–Trinajstić information content (AvgIpc) is 3.31. The fraction of sp³-hybridized carbons (Fsp3) is 0.115. The molecule has 0 bridgehead atoms. The Morgan fingerprint density at radius 2 is 1.82 bits per heavy atom. The van der Waals surface area contributed by atoms with Gasteiger partial charge in [0, 0.05) is 31.2 Å². The molecule has 0 saturated carbocycles. The lowest BCUT2D eigenvalue weighted by Crippen LogP contribution is -2.13. The van der Waals surface area contributed by atoms with Gasteiger partial charge in [0.25, 0.3) is 0 Å². The number of sulfonamides is 1. The number of halogens is 2. The second-order valence-corrected chi connectivity index (χ2v) is 10.3. The number of nitrogens with two attached hydrogens (primary N) is 1. The molecule has 0 spiro atoms. The minimum Gasteiger partial charge on any atom is -0.352 e. The van der Waals surface area contributed by atoms with Gasteiger partial charge in [0.2, 0.25) is 21.9 Å². The summed E-state index contributed by atoms with van der Waals surface area (Å²) in [5.41, 5.74) is 4.98. The highest BCUT2D eigenvalue weighted by Gasteiger charge is 2.13. The number of imidazole rings is 1. The number of H-pyrrole nitrogens is 1. The molecule has 2 aromatic heterocycles. The quantitative estimate of drug-likeness (QED) is 0.205. The monoisotopic (exact) mass is 568 g/mol. The maximum absolute atomic E-state index is 13.2. The summed E-state index contributed by atoms with van der Waals surface area (Å²) in [4.78, 5) is 18.7. The van der Waals surface area contributed by atoms with Crippen molar-refractivity contribution >= 4 is 62.6 Å². The van der Waals surface area contributed by atoms with Gasteiger partial charge >= 0.3 is 0 Å². The summed E-state index contributed by atoms with van der Waals surface area (Å²) in [5.74, 6) is 1.26. The molecule has 2 heterocycles. The van der Waals surface area contributed by atoms with Crippen LogP contribution in [0.3, 0.4) is 0 Å². The smallest absolute Gasteiger partial charge is 0.238 e. The highest BCUT2D eigenvalue weighted by Crippen LogP contribution is 2.29. The van der Waals surface area contributed by atoms with Gasteiger partial charge in [-0.3, -0.25) is 0 Å². The van der Waals surface area contributed by atoms with Crippen molar-refractivity contribution in [3.8, 4) is 0 Å². The zero-order valence-corrected chi connectivity index (χ0v) is 22.6. The van der Waals surface area contributed by atoms with Crippen LogP contribution in [-0.4, -0.2) is 35.4 Å². The summed E-state index contributed by atoms with van der Waals surface area (Å²) in [6.45, 7) is 2.50. The lowest BCUT2D eigenvalue weighted by atomic mass is 10.1. The number of aromatic nitrogens is 4. The average molecular weight is 569 g/mol. The van der Waals surface area contributed by atoms with Crippen LogP contribution in [0.25, 0.3) is 11.0 Å². The Morgan fingerprint density at radius 1 is 1.05 bits per heavy atom. The number of anilines is 5. The molecule has 3 aromatic carbocycles. The van der Waals surface area contributed by atoms with Gasteiger partial charge in [-0.1, -0.05) is 18.2 Å². The third-order valence-electron chi connectivity index (χ3n) is 5.94. The van der Waals surface area contributed by atoms with Gasteiger partial charge in [0.15, 0.2) is 0 Å². The third-order valence-corrected chi connectivity index (χ3v) is 6.85. The number of hydrogen-bond acceptors (Lipinski definition) is 8. The van der Waals surface area contributed by atoms with E-state index in [1.165, 1.54) is 24.3 Å². The lowest BCUT2D eigenvalue weighted by Gasteiger charge is -2.19. The van der Waals surface area contributed by atoms with Crippen LogP contribution in [-0.2, 0) is 16.6 Å². The van der Waals surface area contributed by atoms with E-state index in [9.17, 15) is 12.8 Å². The Kier molecular flexibility index (Phi) is 8.00. The van der Waals surface area contributed by atoms with Crippen molar-refractivity contribution in [2.45, 2.75) is 18.4 Å². The first-order valence-corrected chi connectivity index (χ1v) is 13.2. The second kappa shape index (κ2) is 11.2. The normalized spacial score (nSPS) is 11.2. The van der Waals surface area contributed by atoms with E-state index in [1.807, 2.05) is 31.0 Å². The Labute approximate surface area is 231 Å². The van der Waals surface area contributed by atoms with Crippen LogP contribution in [0.5, 0.6) is 0 Å². The van der Waals surface area contributed by atoms with E-state index in [0.29, 0.717) is 29.9 Å². The molecule has 10 nitrogen and oxygen atoms in total. The zero-order chi connectivity index (χ0) is 26.9. The highest BCUT2D eigenvalue weighted by atomic mass is 35.5. The lowest BCUT2D eigenvalue weighted by molar-refractivity contribution is 0.598. The van der Waals surface area contributed by atoms with E-state index in [4.69, 9.17) is 5.14 Å². The third kappa shape index (κ3) is 6.42. The zero-order valence-electron chi connectivity index (χ0n) is 21.0. The minimum atomic E-state index is -3.83. The van der Waals surface area contributed by atoms with Crippen LogP contribution in [0, 0.1) is 12.7 Å². The largest absolute Gasteiger partial charge is 0.352 e. The minimum absolute atomic E-state index is 0. The number of aryl methyl sites for hydroxylation is 1. The van der Waals surface area contributed by atoms with Crippen molar-refractivity contribution in [1.29, 1.82) is 0 Å². The number of fused-ring (bicyclic) bond motifs is 1. The Balaban J connectivity index is 0.00000353. The van der Waals surface area contributed by atoms with Crippen LogP contribution >= 0.6 is 12.4 Å². The predicted octanol–water partition coefficient (Wildman–Crippen LogP) is 4.99.